The third-order valence-corrected chi connectivity index (χ3v) is 2.48. The van der Waals surface area contributed by atoms with Gasteiger partial charge in [0.05, 0.1) is 5.41 Å². The minimum Gasteiger partial charge on any atom is -0.297 e. The van der Waals surface area contributed by atoms with Crippen LogP contribution in [0.4, 0.5) is 8.78 Å². The first-order chi connectivity index (χ1) is 6.42. The Morgan fingerprint density at radius 3 is 2.07 bits per heavy atom. The number of aldehydes is 1. The number of alkyl halides is 2. The predicted molar refractivity (Wildman–Crippen MR) is 50.5 cm³/mol. The predicted octanol–water partition coefficient (Wildman–Crippen LogP) is 2.80. The Morgan fingerprint density at radius 1 is 1.14 bits per heavy atom. The minimum atomic E-state index is -3.34. The molecule has 0 saturated heterocycles. The van der Waals surface area contributed by atoms with Gasteiger partial charge in [0.2, 0.25) is 0 Å². The number of hydrogen-bond donors (Lipinski definition) is 0. The first kappa shape index (κ1) is 10.8. The summed E-state index contributed by atoms with van der Waals surface area (Å²) in [6.45, 7) is 2.72. The first-order valence-electron chi connectivity index (χ1n) is 4.31. The normalized spacial score (nSPS) is 12.6. The second kappa shape index (κ2) is 3.48. The SMILES string of the molecule is CC(C)(c1ccccc1)C(F)(F)C=O. The molecule has 0 amide bonds. The lowest BCUT2D eigenvalue weighted by atomic mass is 9.79. The molecule has 1 rings (SSSR count). The Hall–Kier alpha value is -1.25. The molecule has 0 aromatic heterocycles. The van der Waals surface area contributed by atoms with Crippen molar-refractivity contribution in [2.45, 2.75) is 25.2 Å². The summed E-state index contributed by atoms with van der Waals surface area (Å²) in [5, 5.41) is 0. The van der Waals surface area contributed by atoms with Crippen LogP contribution in [0.1, 0.15) is 19.4 Å². The van der Waals surface area contributed by atoms with E-state index in [0.717, 1.165) is 0 Å². The van der Waals surface area contributed by atoms with E-state index in [1.54, 1.807) is 30.3 Å². The van der Waals surface area contributed by atoms with Crippen LogP contribution in [-0.2, 0) is 10.2 Å². The van der Waals surface area contributed by atoms with Gasteiger partial charge in [-0.2, -0.15) is 8.78 Å². The molecular formula is C11H12F2O. The fourth-order valence-corrected chi connectivity index (χ4v) is 1.19. The Morgan fingerprint density at radius 2 is 1.64 bits per heavy atom. The van der Waals surface area contributed by atoms with Crippen LogP contribution in [-0.4, -0.2) is 12.2 Å². The minimum absolute atomic E-state index is 0.292. The summed E-state index contributed by atoms with van der Waals surface area (Å²) in [6.07, 6.45) is -0.292. The second-order valence-electron chi connectivity index (χ2n) is 3.73. The van der Waals surface area contributed by atoms with Gasteiger partial charge in [-0.1, -0.05) is 30.3 Å². The van der Waals surface area contributed by atoms with Crippen LogP contribution in [0, 0.1) is 0 Å². The van der Waals surface area contributed by atoms with E-state index < -0.39 is 11.3 Å². The van der Waals surface area contributed by atoms with Crippen molar-refractivity contribution < 1.29 is 13.6 Å². The number of halogens is 2. The summed E-state index contributed by atoms with van der Waals surface area (Å²) in [7, 11) is 0. The Balaban J connectivity index is 3.14. The summed E-state index contributed by atoms with van der Waals surface area (Å²) in [5.74, 6) is -3.34. The van der Waals surface area contributed by atoms with Crippen LogP contribution < -0.4 is 0 Å². The molecule has 0 fully saturated rings. The van der Waals surface area contributed by atoms with E-state index in [1.165, 1.54) is 13.8 Å². The maximum Gasteiger partial charge on any atom is 0.311 e. The van der Waals surface area contributed by atoms with Crippen molar-refractivity contribution in [2.75, 3.05) is 0 Å². The van der Waals surface area contributed by atoms with E-state index in [-0.39, 0.29) is 6.29 Å². The molecule has 0 aliphatic heterocycles. The molecule has 14 heavy (non-hydrogen) atoms. The van der Waals surface area contributed by atoms with Gasteiger partial charge in [-0.25, -0.2) is 0 Å². The molecule has 0 unspecified atom stereocenters. The smallest absolute Gasteiger partial charge is 0.297 e. The van der Waals surface area contributed by atoms with E-state index in [1.807, 2.05) is 0 Å². The highest BCUT2D eigenvalue weighted by molar-refractivity contribution is 5.63. The number of hydrogen-bond acceptors (Lipinski definition) is 1. The second-order valence-corrected chi connectivity index (χ2v) is 3.73. The molecule has 76 valence electrons. The topological polar surface area (TPSA) is 17.1 Å². The molecule has 0 bridgehead atoms. The fourth-order valence-electron chi connectivity index (χ4n) is 1.19. The van der Waals surface area contributed by atoms with Crippen LogP contribution in [0.25, 0.3) is 0 Å². The van der Waals surface area contributed by atoms with Gasteiger partial charge in [0.15, 0.2) is 6.29 Å². The zero-order valence-electron chi connectivity index (χ0n) is 8.13. The average molecular weight is 198 g/mol. The van der Waals surface area contributed by atoms with Crippen molar-refractivity contribution in [1.29, 1.82) is 0 Å². The van der Waals surface area contributed by atoms with Crippen LogP contribution in [0.5, 0.6) is 0 Å². The van der Waals surface area contributed by atoms with Crippen molar-refractivity contribution in [3.8, 4) is 0 Å². The van der Waals surface area contributed by atoms with Crippen LogP contribution in [0.2, 0.25) is 0 Å². The van der Waals surface area contributed by atoms with Crippen molar-refractivity contribution >= 4 is 6.29 Å². The highest BCUT2D eigenvalue weighted by Crippen LogP contribution is 2.37. The highest BCUT2D eigenvalue weighted by atomic mass is 19.3. The van der Waals surface area contributed by atoms with E-state index in [2.05, 4.69) is 0 Å². The molecule has 1 aromatic carbocycles. The summed E-state index contributed by atoms with van der Waals surface area (Å²) in [6, 6.07) is 8.30. The molecule has 0 atom stereocenters. The molecule has 0 radical (unpaired) electrons. The highest BCUT2D eigenvalue weighted by Gasteiger charge is 2.47. The molecule has 1 nitrogen and oxygen atoms in total. The molecule has 1 aromatic rings. The molecule has 0 aliphatic rings. The van der Waals surface area contributed by atoms with Gasteiger partial charge < -0.3 is 0 Å². The quantitative estimate of drug-likeness (QED) is 0.682. The van der Waals surface area contributed by atoms with Crippen LogP contribution >= 0.6 is 0 Å². The summed E-state index contributed by atoms with van der Waals surface area (Å²) in [4.78, 5) is 10.3. The van der Waals surface area contributed by atoms with E-state index in [9.17, 15) is 13.6 Å². The molecule has 0 N–H and O–H groups in total. The number of carbonyl (C=O) groups is 1. The van der Waals surface area contributed by atoms with Gasteiger partial charge in [0, 0.05) is 0 Å². The Bertz CT molecular complexity index is 317. The van der Waals surface area contributed by atoms with E-state index >= 15 is 0 Å². The van der Waals surface area contributed by atoms with Gasteiger partial charge >= 0.3 is 5.92 Å². The standard InChI is InChI=1S/C11H12F2O/c1-10(2,11(12,13)8-14)9-6-4-3-5-7-9/h3-8H,1-2H3. The molecule has 0 heterocycles. The van der Waals surface area contributed by atoms with Gasteiger partial charge in [-0.3, -0.25) is 4.79 Å². The lowest BCUT2D eigenvalue weighted by Gasteiger charge is -2.30. The number of rotatable bonds is 3. The van der Waals surface area contributed by atoms with Gasteiger partial charge in [0.25, 0.3) is 0 Å². The summed E-state index contributed by atoms with van der Waals surface area (Å²) >= 11 is 0. The Kier molecular flexibility index (Phi) is 2.69. The largest absolute Gasteiger partial charge is 0.311 e. The molecule has 0 saturated carbocycles. The molecule has 3 heteroatoms. The lowest BCUT2D eigenvalue weighted by Crippen LogP contribution is -2.41. The zero-order valence-corrected chi connectivity index (χ0v) is 8.13. The van der Waals surface area contributed by atoms with Crippen molar-refractivity contribution in [1.82, 2.24) is 0 Å². The third kappa shape index (κ3) is 1.67. The maximum atomic E-state index is 13.2. The number of carbonyl (C=O) groups excluding carboxylic acids is 1. The van der Waals surface area contributed by atoms with Crippen molar-refractivity contribution in [2.24, 2.45) is 0 Å². The molecule has 0 aliphatic carbocycles. The van der Waals surface area contributed by atoms with Crippen molar-refractivity contribution in [3.63, 3.8) is 0 Å². The van der Waals surface area contributed by atoms with E-state index in [4.69, 9.17) is 0 Å². The van der Waals surface area contributed by atoms with Gasteiger partial charge in [0.1, 0.15) is 0 Å². The molecule has 0 spiro atoms. The summed E-state index contributed by atoms with van der Waals surface area (Å²) < 4.78 is 26.5. The van der Waals surface area contributed by atoms with E-state index in [0.29, 0.717) is 5.56 Å². The van der Waals surface area contributed by atoms with Gasteiger partial charge in [-0.15, -0.1) is 0 Å². The number of benzene rings is 1. The third-order valence-electron chi connectivity index (χ3n) is 2.48. The lowest BCUT2D eigenvalue weighted by molar-refractivity contribution is -0.138. The maximum absolute atomic E-state index is 13.2. The molecular weight excluding hydrogens is 186 g/mol. The van der Waals surface area contributed by atoms with Crippen LogP contribution in [0.15, 0.2) is 30.3 Å². The Labute approximate surface area is 81.7 Å². The zero-order chi connectivity index (χ0) is 10.8. The monoisotopic (exact) mass is 198 g/mol. The van der Waals surface area contributed by atoms with Crippen LogP contribution in [0.3, 0.4) is 0 Å². The summed E-state index contributed by atoms with van der Waals surface area (Å²) in [5.41, 5.74) is -1.01. The van der Waals surface area contributed by atoms with Gasteiger partial charge in [-0.05, 0) is 19.4 Å². The fraction of sp³-hybridized carbons (Fsp3) is 0.364. The first-order valence-corrected chi connectivity index (χ1v) is 4.31. The average Bonchev–Trinajstić information content (AvgIpc) is 2.19. The van der Waals surface area contributed by atoms with Crippen molar-refractivity contribution in [3.05, 3.63) is 35.9 Å².